The Kier molecular flexibility index (Phi) is 64.0. The molecule has 5 atom stereocenters. The zero-order valence-corrected chi connectivity index (χ0v) is 60.8. The van der Waals surface area contributed by atoms with Crippen molar-refractivity contribution in [2.24, 2.45) is 5.92 Å². The van der Waals surface area contributed by atoms with E-state index in [2.05, 4.69) is 34.6 Å². The lowest BCUT2D eigenvalue weighted by Crippen LogP contribution is -2.30. The van der Waals surface area contributed by atoms with Gasteiger partial charge in [0.05, 0.1) is 26.4 Å². The Morgan fingerprint density at radius 2 is 0.505 bits per heavy atom. The number of hydrogen-bond donors (Lipinski definition) is 3. The zero-order chi connectivity index (χ0) is 67.0. The highest BCUT2D eigenvalue weighted by Gasteiger charge is 2.30. The lowest BCUT2D eigenvalue weighted by molar-refractivity contribution is -0.161. The Hall–Kier alpha value is -1.94. The summed E-state index contributed by atoms with van der Waals surface area (Å²) in [6.07, 6.45) is 53.4. The predicted molar refractivity (Wildman–Crippen MR) is 368 cm³/mol. The first-order chi connectivity index (χ1) is 44.0. The van der Waals surface area contributed by atoms with Gasteiger partial charge in [0.1, 0.15) is 19.3 Å². The standard InChI is InChI=1S/C72H140O17P2/c1-6-9-12-15-17-19-20-21-22-23-24-25-26-27-28-29-30-35-39-43-48-53-58-72(77)89-68(62-83-70(75)56-51-46-41-38-34-32-31-33-37-40-45-49-54-65(4)5)64-87-91(80,81)85-60-66(73)59-84-90(78,79)86-63-67(61-82-69(74)55-50-44-14-11-8-3)88-71(76)57-52-47-42-36-18-16-13-10-7-2/h65-68,73H,6-64H2,1-5H3,(H,78,79)(H,80,81)/t66-,67+,68+/m0/s1. The second-order valence-corrected chi connectivity index (χ2v) is 29.4. The molecule has 17 nitrogen and oxygen atoms in total. The molecule has 540 valence electrons. The van der Waals surface area contributed by atoms with Crippen molar-refractivity contribution in [3.63, 3.8) is 0 Å². The maximum Gasteiger partial charge on any atom is 0.472 e. The molecular weight excluding hydrogens is 1200 g/mol. The van der Waals surface area contributed by atoms with E-state index in [1.165, 1.54) is 193 Å². The van der Waals surface area contributed by atoms with Gasteiger partial charge in [-0.3, -0.25) is 37.3 Å². The van der Waals surface area contributed by atoms with E-state index in [-0.39, 0.29) is 25.7 Å². The number of esters is 4. The number of phosphoric ester groups is 2. The van der Waals surface area contributed by atoms with E-state index >= 15 is 0 Å². The van der Waals surface area contributed by atoms with Crippen molar-refractivity contribution in [3.05, 3.63) is 0 Å². The van der Waals surface area contributed by atoms with Crippen LogP contribution in [0.25, 0.3) is 0 Å². The molecule has 91 heavy (non-hydrogen) atoms. The van der Waals surface area contributed by atoms with E-state index in [0.29, 0.717) is 25.7 Å². The minimum absolute atomic E-state index is 0.105. The number of aliphatic hydroxyl groups is 1. The van der Waals surface area contributed by atoms with Gasteiger partial charge in [-0.15, -0.1) is 0 Å². The number of rotatable bonds is 72. The topological polar surface area (TPSA) is 237 Å². The second kappa shape index (κ2) is 65.4. The summed E-state index contributed by atoms with van der Waals surface area (Å²) in [5.41, 5.74) is 0. The molecule has 0 aliphatic rings. The Morgan fingerprint density at radius 3 is 0.747 bits per heavy atom. The van der Waals surface area contributed by atoms with E-state index in [9.17, 15) is 43.2 Å². The number of hydrogen-bond acceptors (Lipinski definition) is 15. The number of ether oxygens (including phenoxy) is 4. The smallest absolute Gasteiger partial charge is 0.462 e. The van der Waals surface area contributed by atoms with Gasteiger partial charge in [0.25, 0.3) is 0 Å². The van der Waals surface area contributed by atoms with Crippen LogP contribution in [0.15, 0.2) is 0 Å². The van der Waals surface area contributed by atoms with Gasteiger partial charge in [-0.05, 0) is 31.6 Å². The summed E-state index contributed by atoms with van der Waals surface area (Å²) in [5, 5.41) is 10.6. The normalized spacial score (nSPS) is 14.0. The third-order valence-corrected chi connectivity index (χ3v) is 18.7. The van der Waals surface area contributed by atoms with Crippen molar-refractivity contribution < 1.29 is 80.2 Å². The van der Waals surface area contributed by atoms with Gasteiger partial charge in [0.2, 0.25) is 0 Å². The predicted octanol–water partition coefficient (Wildman–Crippen LogP) is 20.9. The maximum absolute atomic E-state index is 13.1. The van der Waals surface area contributed by atoms with Crippen LogP contribution in [0.1, 0.15) is 375 Å². The molecule has 2 unspecified atom stereocenters. The molecule has 0 saturated heterocycles. The average molecular weight is 1340 g/mol. The summed E-state index contributed by atoms with van der Waals surface area (Å²) < 4.78 is 68.0. The zero-order valence-electron chi connectivity index (χ0n) is 59.0. The molecule has 0 aliphatic heterocycles. The molecule has 0 rings (SSSR count). The van der Waals surface area contributed by atoms with Gasteiger partial charge < -0.3 is 33.8 Å². The van der Waals surface area contributed by atoms with Crippen molar-refractivity contribution in [1.29, 1.82) is 0 Å². The highest BCUT2D eigenvalue weighted by molar-refractivity contribution is 7.47. The molecule has 0 heterocycles. The molecular formula is C72H140O17P2. The molecule has 0 fully saturated rings. The number of aliphatic hydroxyl groups excluding tert-OH is 1. The van der Waals surface area contributed by atoms with Crippen molar-refractivity contribution in [2.75, 3.05) is 39.6 Å². The third kappa shape index (κ3) is 66.5. The van der Waals surface area contributed by atoms with E-state index in [1.807, 2.05) is 0 Å². The first-order valence-electron chi connectivity index (χ1n) is 37.6. The SMILES string of the molecule is CCCCCCCCCCCCCCCCCCCCCCCCC(=O)O[C@H](COC(=O)CCCCCCCCCCCCCCC(C)C)COP(=O)(O)OC[C@@H](O)COP(=O)(O)OC[C@@H](COC(=O)CCCCCCC)OC(=O)CCCCCCCCCCC. The van der Waals surface area contributed by atoms with Crippen molar-refractivity contribution >= 4 is 39.5 Å². The summed E-state index contributed by atoms with van der Waals surface area (Å²) >= 11 is 0. The first kappa shape index (κ1) is 89.1. The van der Waals surface area contributed by atoms with Gasteiger partial charge in [-0.2, -0.15) is 0 Å². The molecule has 0 saturated carbocycles. The third-order valence-electron chi connectivity index (χ3n) is 16.8. The Balaban J connectivity index is 5.09. The summed E-state index contributed by atoms with van der Waals surface area (Å²) in [4.78, 5) is 72.2. The van der Waals surface area contributed by atoms with Crippen LogP contribution in [-0.2, 0) is 65.4 Å². The van der Waals surface area contributed by atoms with E-state index < -0.39 is 97.5 Å². The van der Waals surface area contributed by atoms with Crippen molar-refractivity contribution in [1.82, 2.24) is 0 Å². The number of carbonyl (C=O) groups excluding carboxylic acids is 4. The van der Waals surface area contributed by atoms with Crippen LogP contribution in [0.3, 0.4) is 0 Å². The maximum atomic E-state index is 13.1. The molecule has 19 heteroatoms. The highest BCUT2D eigenvalue weighted by atomic mass is 31.2. The minimum Gasteiger partial charge on any atom is -0.462 e. The number of phosphoric acid groups is 2. The van der Waals surface area contributed by atoms with Crippen LogP contribution >= 0.6 is 15.6 Å². The second-order valence-electron chi connectivity index (χ2n) is 26.5. The van der Waals surface area contributed by atoms with Crippen LogP contribution in [0.5, 0.6) is 0 Å². The van der Waals surface area contributed by atoms with E-state index in [0.717, 1.165) is 102 Å². The fraction of sp³-hybridized carbons (Fsp3) is 0.944. The van der Waals surface area contributed by atoms with Gasteiger partial charge in [0.15, 0.2) is 12.2 Å². The van der Waals surface area contributed by atoms with E-state index in [1.54, 1.807) is 0 Å². The largest absolute Gasteiger partial charge is 0.472 e. The summed E-state index contributed by atoms with van der Waals surface area (Å²) in [6.45, 7) is 7.16. The van der Waals surface area contributed by atoms with Crippen LogP contribution < -0.4 is 0 Å². The molecule has 0 bridgehead atoms. The lowest BCUT2D eigenvalue weighted by atomic mass is 10.0. The molecule has 0 aliphatic carbocycles. The van der Waals surface area contributed by atoms with Crippen LogP contribution in [0, 0.1) is 5.92 Å². The molecule has 0 radical (unpaired) electrons. The first-order valence-corrected chi connectivity index (χ1v) is 40.6. The van der Waals surface area contributed by atoms with Crippen LogP contribution in [0.2, 0.25) is 0 Å². The van der Waals surface area contributed by atoms with Crippen LogP contribution in [-0.4, -0.2) is 96.7 Å². The summed E-state index contributed by atoms with van der Waals surface area (Å²) in [7, 11) is -9.89. The Labute approximate surface area is 556 Å². The molecule has 0 aromatic heterocycles. The van der Waals surface area contributed by atoms with Gasteiger partial charge >= 0.3 is 39.5 Å². The van der Waals surface area contributed by atoms with Crippen molar-refractivity contribution in [3.8, 4) is 0 Å². The van der Waals surface area contributed by atoms with Gasteiger partial charge in [0, 0.05) is 25.7 Å². The van der Waals surface area contributed by atoms with Gasteiger partial charge in [-0.25, -0.2) is 9.13 Å². The number of carbonyl (C=O) groups is 4. The summed E-state index contributed by atoms with van der Waals surface area (Å²) in [5.74, 6) is -1.35. The summed E-state index contributed by atoms with van der Waals surface area (Å²) in [6, 6.07) is 0. The van der Waals surface area contributed by atoms with Crippen molar-refractivity contribution in [2.45, 2.75) is 393 Å². The molecule has 0 aromatic carbocycles. The minimum atomic E-state index is -4.95. The molecule has 0 spiro atoms. The Morgan fingerprint density at radius 1 is 0.297 bits per heavy atom. The monoisotopic (exact) mass is 1340 g/mol. The quantitative estimate of drug-likeness (QED) is 0.0222. The lowest BCUT2D eigenvalue weighted by Gasteiger charge is -2.21. The van der Waals surface area contributed by atoms with Gasteiger partial charge in [-0.1, -0.05) is 324 Å². The number of unbranched alkanes of at least 4 members (excludes halogenated alkanes) is 44. The fourth-order valence-corrected chi connectivity index (χ4v) is 12.6. The highest BCUT2D eigenvalue weighted by Crippen LogP contribution is 2.45. The van der Waals surface area contributed by atoms with Crippen LogP contribution in [0.4, 0.5) is 0 Å². The molecule has 0 aromatic rings. The Bertz CT molecular complexity index is 1750. The fourth-order valence-electron chi connectivity index (χ4n) is 11.0. The van der Waals surface area contributed by atoms with E-state index in [4.69, 9.17) is 37.0 Å². The molecule has 3 N–H and O–H groups in total. The molecule has 0 amide bonds. The average Bonchev–Trinajstić information content (AvgIpc) is 2.19.